The van der Waals surface area contributed by atoms with Gasteiger partial charge in [-0.05, 0) is 0 Å². The van der Waals surface area contributed by atoms with Crippen molar-refractivity contribution in [3.05, 3.63) is 263 Å². The van der Waals surface area contributed by atoms with Crippen LogP contribution in [-0.4, -0.2) is 10.2 Å². The van der Waals surface area contributed by atoms with Gasteiger partial charge in [0.1, 0.15) is 0 Å². The van der Waals surface area contributed by atoms with E-state index in [1.165, 1.54) is 0 Å². The first kappa shape index (κ1) is 39.3. The number of nitrogens with zero attached hydrogens (tertiary/aromatic N) is 2. The second kappa shape index (κ2) is 16.6. The van der Waals surface area contributed by atoms with Crippen molar-refractivity contribution < 1.29 is 19.4 Å². The van der Waals surface area contributed by atoms with Gasteiger partial charge >= 0.3 is 338 Å². The molecule has 8 aromatic rings. The van der Waals surface area contributed by atoms with Crippen LogP contribution in [0.25, 0.3) is 0 Å². The number of hydrogen-bond acceptors (Lipinski definition) is 6. The van der Waals surface area contributed by atoms with Crippen molar-refractivity contribution in [1.29, 1.82) is 0 Å². The molecule has 0 aromatic heterocycles. The Balaban J connectivity index is 0.000000177. The van der Waals surface area contributed by atoms with Crippen LogP contribution in [0.5, 0.6) is 0 Å². The zero-order valence-corrected chi connectivity index (χ0v) is 33.1. The summed E-state index contributed by atoms with van der Waals surface area (Å²) in [5.41, 5.74) is 0. The summed E-state index contributed by atoms with van der Waals surface area (Å²) in [5, 5.41) is 29.2. The molecule has 8 nitrogen and oxygen atoms in total. The Morgan fingerprint density at radius 3 is 0.483 bits per heavy atom. The quantitative estimate of drug-likeness (QED) is 0.0707. The summed E-state index contributed by atoms with van der Waals surface area (Å²) >= 11 is 0. The monoisotopic (exact) mass is 802 g/mol. The van der Waals surface area contributed by atoms with Gasteiger partial charge in [-0.3, -0.25) is 0 Å². The number of hydrogen-bond donors (Lipinski definition) is 0. The molecule has 0 aliphatic rings. The van der Waals surface area contributed by atoms with Gasteiger partial charge in [0.05, 0.1) is 0 Å². The van der Waals surface area contributed by atoms with Crippen LogP contribution in [0, 0.1) is 20.2 Å². The molecule has 8 rings (SSSR count). The summed E-state index contributed by atoms with van der Waals surface area (Å²) in [6, 6.07) is 76.4. The fourth-order valence-corrected chi connectivity index (χ4v) is 18.9. The molecule has 10 heteroatoms. The maximum atomic E-state index is 12.1. The van der Waals surface area contributed by atoms with Crippen LogP contribution in [0.3, 0.4) is 0 Å². The SMILES string of the molecule is O=[N+]([O-])OP(c1ccccc1)(c1ccccc1)(c1ccccc1)c1ccccc1.O=[N+]([O-])OP(c1ccccc1)(c1ccccc1)(c1ccccc1)c1ccccc1. The van der Waals surface area contributed by atoms with Crippen LogP contribution in [0.2, 0.25) is 0 Å². The fraction of sp³-hybridized carbons (Fsp3) is 0. The van der Waals surface area contributed by atoms with Crippen LogP contribution in [0.1, 0.15) is 0 Å². The first-order valence-corrected chi connectivity index (χ1v) is 22.8. The van der Waals surface area contributed by atoms with Crippen LogP contribution in [0.4, 0.5) is 0 Å². The van der Waals surface area contributed by atoms with Gasteiger partial charge in [0.25, 0.3) is 0 Å². The second-order valence-corrected chi connectivity index (χ2v) is 22.0. The Morgan fingerprint density at radius 2 is 0.379 bits per heavy atom. The summed E-state index contributed by atoms with van der Waals surface area (Å²) in [5.74, 6) is 0. The average Bonchev–Trinajstić information content (AvgIpc) is 3.30. The maximum absolute atomic E-state index is 12.1. The van der Waals surface area contributed by atoms with Crippen molar-refractivity contribution in [2.24, 2.45) is 0 Å². The Labute approximate surface area is 337 Å². The number of benzene rings is 8. The summed E-state index contributed by atoms with van der Waals surface area (Å²) in [6.45, 7) is -8.27. The molecule has 0 saturated heterocycles. The van der Waals surface area contributed by atoms with Crippen molar-refractivity contribution in [1.82, 2.24) is 0 Å². The second-order valence-electron chi connectivity index (χ2n) is 13.4. The molecule has 0 bridgehead atoms. The Kier molecular flexibility index (Phi) is 11.3. The van der Waals surface area contributed by atoms with Gasteiger partial charge in [0, 0.05) is 0 Å². The molecule has 0 N–H and O–H groups in total. The minimum absolute atomic E-state index is 0.641. The fourth-order valence-electron chi connectivity index (χ4n) is 8.13. The zero-order chi connectivity index (χ0) is 40.4. The summed E-state index contributed by atoms with van der Waals surface area (Å²) in [7, 11) is 0. The van der Waals surface area contributed by atoms with Gasteiger partial charge in [0.15, 0.2) is 0 Å². The van der Waals surface area contributed by atoms with Crippen LogP contribution in [-0.2, 0) is 9.25 Å². The van der Waals surface area contributed by atoms with Gasteiger partial charge in [-0.2, -0.15) is 0 Å². The average molecular weight is 803 g/mol. The van der Waals surface area contributed by atoms with E-state index in [1.54, 1.807) is 0 Å². The van der Waals surface area contributed by atoms with Crippen molar-refractivity contribution >= 4 is 56.1 Å². The van der Waals surface area contributed by atoms with Crippen LogP contribution in [0.15, 0.2) is 243 Å². The van der Waals surface area contributed by atoms with E-state index in [4.69, 9.17) is 9.25 Å². The molecule has 8 aromatic carbocycles. The van der Waals surface area contributed by atoms with Crippen molar-refractivity contribution in [2.75, 3.05) is 0 Å². The van der Waals surface area contributed by atoms with E-state index in [1.807, 2.05) is 243 Å². The Bertz CT molecular complexity index is 2050. The molecule has 0 unspecified atom stereocenters. The van der Waals surface area contributed by atoms with E-state index in [2.05, 4.69) is 0 Å². The number of rotatable bonds is 12. The molecule has 0 saturated carbocycles. The van der Waals surface area contributed by atoms with E-state index in [9.17, 15) is 20.2 Å². The molecule has 0 amide bonds. The first-order chi connectivity index (χ1) is 28.4. The Hall–Kier alpha value is -6.98. The molecule has 0 heterocycles. The van der Waals surface area contributed by atoms with Crippen molar-refractivity contribution in [3.8, 4) is 0 Å². The molecule has 58 heavy (non-hydrogen) atoms. The molecule has 0 fully saturated rings. The third-order valence-electron chi connectivity index (χ3n) is 10.5. The van der Waals surface area contributed by atoms with Crippen LogP contribution >= 0.6 is 13.7 Å². The molecule has 0 atom stereocenters. The van der Waals surface area contributed by atoms with Gasteiger partial charge in [0.2, 0.25) is 0 Å². The van der Waals surface area contributed by atoms with Gasteiger partial charge in [-0.1, -0.05) is 0 Å². The third kappa shape index (κ3) is 6.39. The van der Waals surface area contributed by atoms with E-state index in [-0.39, 0.29) is 0 Å². The van der Waals surface area contributed by atoms with E-state index >= 15 is 0 Å². The van der Waals surface area contributed by atoms with Crippen molar-refractivity contribution in [3.63, 3.8) is 0 Å². The molecule has 0 aliphatic heterocycles. The standard InChI is InChI=1S/2C24H20NO3P/c2*26-25(27)28-29(21-13-5-1-6-14-21,22-15-7-2-8-16-22,23-17-9-3-10-18-23)24-19-11-4-12-20-24/h2*1-20H. The zero-order valence-electron chi connectivity index (χ0n) is 31.3. The van der Waals surface area contributed by atoms with Gasteiger partial charge < -0.3 is 0 Å². The molecule has 288 valence electrons. The van der Waals surface area contributed by atoms with E-state index in [0.29, 0.717) is 0 Å². The third-order valence-corrected chi connectivity index (χ3v) is 21.6. The normalized spacial score (nSPS) is 12.5. The van der Waals surface area contributed by atoms with Crippen molar-refractivity contribution in [2.45, 2.75) is 0 Å². The molecular weight excluding hydrogens is 762 g/mol. The summed E-state index contributed by atoms with van der Waals surface area (Å²) in [4.78, 5) is 24.3. The van der Waals surface area contributed by atoms with E-state index < -0.39 is 23.8 Å². The van der Waals surface area contributed by atoms with E-state index in [0.717, 1.165) is 42.4 Å². The first-order valence-electron chi connectivity index (χ1n) is 18.5. The molecule has 0 aliphatic carbocycles. The topological polar surface area (TPSA) is 105 Å². The molecule has 0 spiro atoms. The van der Waals surface area contributed by atoms with Crippen LogP contribution < -0.4 is 42.4 Å². The summed E-state index contributed by atoms with van der Waals surface area (Å²) < 4.78 is 12.0. The molecular formula is C48H40N2O6P2. The summed E-state index contributed by atoms with van der Waals surface area (Å²) in [6.07, 6.45) is 0. The predicted molar refractivity (Wildman–Crippen MR) is 239 cm³/mol. The Morgan fingerprint density at radius 1 is 0.259 bits per heavy atom. The van der Waals surface area contributed by atoms with Gasteiger partial charge in [-0.15, -0.1) is 0 Å². The predicted octanol–water partition coefficient (Wildman–Crippen LogP) is 7.93. The minimum atomic E-state index is -4.14. The van der Waals surface area contributed by atoms with Gasteiger partial charge in [-0.25, -0.2) is 0 Å². The molecule has 0 radical (unpaired) electrons.